The lowest BCUT2D eigenvalue weighted by atomic mass is 10.0. The minimum atomic E-state index is -0.443. The number of likely N-dealkylation sites (tertiary alicyclic amines) is 2. The third-order valence-corrected chi connectivity index (χ3v) is 6.28. The van der Waals surface area contributed by atoms with Gasteiger partial charge in [-0.1, -0.05) is 36.4 Å². The largest absolute Gasteiger partial charge is 0.427 e. The van der Waals surface area contributed by atoms with Crippen LogP contribution >= 0.6 is 0 Å². The molecule has 1 atom stereocenters. The van der Waals surface area contributed by atoms with Crippen LogP contribution in [0.2, 0.25) is 0 Å². The van der Waals surface area contributed by atoms with Crippen LogP contribution in [0.3, 0.4) is 0 Å². The topological polar surface area (TPSA) is 96.0 Å². The summed E-state index contributed by atoms with van der Waals surface area (Å²) in [5, 5.41) is 3.01. The number of carbonyl (C=O) groups excluding carboxylic acids is 4. The van der Waals surface area contributed by atoms with Crippen molar-refractivity contribution in [2.75, 3.05) is 19.6 Å². The number of carbonyl (C=O) groups is 4. The van der Waals surface area contributed by atoms with Crippen LogP contribution < -0.4 is 10.1 Å². The van der Waals surface area contributed by atoms with Crippen LogP contribution in [0.15, 0.2) is 54.6 Å². The maximum Gasteiger partial charge on any atom is 0.308 e. The van der Waals surface area contributed by atoms with Gasteiger partial charge in [0.15, 0.2) is 0 Å². The molecule has 0 spiro atoms. The average Bonchev–Trinajstić information content (AvgIpc) is 3.19. The lowest BCUT2D eigenvalue weighted by Crippen LogP contribution is -2.48. The molecule has 1 N–H and O–H groups in total. The lowest BCUT2D eigenvalue weighted by Gasteiger charge is -2.33. The molecule has 2 saturated heterocycles. The van der Waals surface area contributed by atoms with Gasteiger partial charge in [0.25, 0.3) is 5.91 Å². The van der Waals surface area contributed by atoms with E-state index >= 15 is 0 Å². The molecule has 8 heteroatoms. The lowest BCUT2D eigenvalue weighted by molar-refractivity contribution is -0.137. The van der Waals surface area contributed by atoms with E-state index in [2.05, 4.69) is 5.32 Å². The Bertz CT molecular complexity index is 1060. The van der Waals surface area contributed by atoms with Gasteiger partial charge in [-0.3, -0.25) is 19.2 Å². The van der Waals surface area contributed by atoms with Crippen LogP contribution in [0.4, 0.5) is 0 Å². The van der Waals surface area contributed by atoms with Gasteiger partial charge in [-0.05, 0) is 36.6 Å². The Morgan fingerprint density at radius 2 is 1.76 bits per heavy atom. The number of esters is 1. The number of nitrogens with zero attached hydrogens (tertiary/aromatic N) is 2. The Balaban J connectivity index is 1.26. The van der Waals surface area contributed by atoms with Crippen molar-refractivity contribution in [1.29, 1.82) is 0 Å². The first-order valence-electron chi connectivity index (χ1n) is 11.6. The summed E-state index contributed by atoms with van der Waals surface area (Å²) in [6, 6.07) is 16.2. The quantitative estimate of drug-likeness (QED) is 0.524. The van der Waals surface area contributed by atoms with Crippen LogP contribution in [0, 0.1) is 5.92 Å². The molecule has 2 heterocycles. The number of hydrogen-bond donors (Lipinski definition) is 1. The van der Waals surface area contributed by atoms with Crippen molar-refractivity contribution in [3.05, 3.63) is 65.7 Å². The molecule has 8 nitrogen and oxygen atoms in total. The molecule has 2 aliphatic heterocycles. The zero-order valence-electron chi connectivity index (χ0n) is 19.2. The minimum Gasteiger partial charge on any atom is -0.427 e. The van der Waals surface area contributed by atoms with E-state index in [-0.39, 0.29) is 36.1 Å². The molecule has 0 aliphatic carbocycles. The molecule has 34 heavy (non-hydrogen) atoms. The molecule has 178 valence electrons. The Morgan fingerprint density at radius 3 is 2.47 bits per heavy atom. The molecule has 0 aromatic heterocycles. The fraction of sp³-hybridized carbons (Fsp3) is 0.385. The van der Waals surface area contributed by atoms with Gasteiger partial charge in [-0.2, -0.15) is 0 Å². The Labute approximate surface area is 198 Å². The van der Waals surface area contributed by atoms with Crippen LogP contribution in [-0.2, 0) is 20.9 Å². The summed E-state index contributed by atoms with van der Waals surface area (Å²) in [5.74, 6) is -0.638. The number of ether oxygens (including phenoxy) is 1. The smallest absolute Gasteiger partial charge is 0.308 e. The van der Waals surface area contributed by atoms with Crippen molar-refractivity contribution < 1.29 is 23.9 Å². The van der Waals surface area contributed by atoms with Crippen molar-refractivity contribution in [2.24, 2.45) is 5.92 Å². The van der Waals surface area contributed by atoms with Gasteiger partial charge < -0.3 is 19.9 Å². The molecule has 0 saturated carbocycles. The first-order valence-corrected chi connectivity index (χ1v) is 11.6. The SMILES string of the molecule is CC(=O)Oc1cccc(C(=O)NC2CCN(C(=O)C3CC(=O)N(Cc4ccccc4)C3)CC2)c1. The van der Waals surface area contributed by atoms with Crippen LogP contribution in [0.25, 0.3) is 0 Å². The van der Waals surface area contributed by atoms with E-state index in [1.165, 1.54) is 13.0 Å². The van der Waals surface area contributed by atoms with Crippen molar-refractivity contribution in [2.45, 2.75) is 38.8 Å². The van der Waals surface area contributed by atoms with E-state index in [1.54, 1.807) is 23.1 Å². The number of nitrogens with one attached hydrogen (secondary N) is 1. The second-order valence-corrected chi connectivity index (χ2v) is 8.86. The Morgan fingerprint density at radius 1 is 1.03 bits per heavy atom. The molecule has 2 fully saturated rings. The maximum atomic E-state index is 13.0. The van der Waals surface area contributed by atoms with Gasteiger partial charge in [0.1, 0.15) is 5.75 Å². The van der Waals surface area contributed by atoms with Crippen molar-refractivity contribution in [3.8, 4) is 5.75 Å². The Hall–Kier alpha value is -3.68. The van der Waals surface area contributed by atoms with Gasteiger partial charge in [0, 0.05) is 51.1 Å². The van der Waals surface area contributed by atoms with E-state index in [0.717, 1.165) is 5.56 Å². The molecular weight excluding hydrogens is 434 g/mol. The number of amides is 3. The number of hydrogen-bond acceptors (Lipinski definition) is 5. The highest BCUT2D eigenvalue weighted by Crippen LogP contribution is 2.24. The maximum absolute atomic E-state index is 13.0. The highest BCUT2D eigenvalue weighted by molar-refractivity contribution is 5.95. The Kier molecular flexibility index (Phi) is 7.25. The van der Waals surface area contributed by atoms with Gasteiger partial charge >= 0.3 is 5.97 Å². The summed E-state index contributed by atoms with van der Waals surface area (Å²) >= 11 is 0. The van der Waals surface area contributed by atoms with E-state index in [1.807, 2.05) is 35.2 Å². The zero-order chi connectivity index (χ0) is 24.1. The van der Waals surface area contributed by atoms with Crippen molar-refractivity contribution >= 4 is 23.7 Å². The fourth-order valence-corrected chi connectivity index (χ4v) is 4.53. The predicted molar refractivity (Wildman–Crippen MR) is 125 cm³/mol. The second kappa shape index (κ2) is 10.5. The number of rotatable bonds is 6. The second-order valence-electron chi connectivity index (χ2n) is 8.86. The summed E-state index contributed by atoms with van der Waals surface area (Å²) in [7, 11) is 0. The minimum absolute atomic E-state index is 0.0142. The van der Waals surface area contributed by atoms with Crippen LogP contribution in [0.5, 0.6) is 5.75 Å². The first kappa shape index (κ1) is 23.5. The van der Waals surface area contributed by atoms with E-state index in [0.29, 0.717) is 50.3 Å². The highest BCUT2D eigenvalue weighted by Gasteiger charge is 2.37. The highest BCUT2D eigenvalue weighted by atomic mass is 16.5. The van der Waals surface area contributed by atoms with Crippen molar-refractivity contribution in [1.82, 2.24) is 15.1 Å². The van der Waals surface area contributed by atoms with Gasteiger partial charge in [-0.15, -0.1) is 0 Å². The summed E-state index contributed by atoms with van der Waals surface area (Å²) < 4.78 is 5.04. The molecule has 2 aromatic carbocycles. The summed E-state index contributed by atoms with van der Waals surface area (Å²) in [5.41, 5.74) is 1.47. The molecule has 2 aliphatic rings. The summed E-state index contributed by atoms with van der Waals surface area (Å²) in [4.78, 5) is 52.8. The number of piperidine rings is 1. The normalized spacial score (nSPS) is 18.6. The van der Waals surface area contributed by atoms with Gasteiger partial charge in [0.2, 0.25) is 11.8 Å². The molecule has 0 radical (unpaired) electrons. The standard InChI is InChI=1S/C26H29N3O5/c1-18(30)34-23-9-5-8-20(14-23)25(32)27-22-10-12-28(13-11-22)26(33)21-15-24(31)29(17-21)16-19-6-3-2-4-7-19/h2-9,14,21-22H,10-13,15-17H2,1H3,(H,27,32). The van der Waals surface area contributed by atoms with Crippen LogP contribution in [0.1, 0.15) is 42.1 Å². The fourth-order valence-electron chi connectivity index (χ4n) is 4.53. The average molecular weight is 464 g/mol. The van der Waals surface area contributed by atoms with Crippen molar-refractivity contribution in [3.63, 3.8) is 0 Å². The number of benzene rings is 2. The third-order valence-electron chi connectivity index (χ3n) is 6.28. The monoisotopic (exact) mass is 463 g/mol. The summed E-state index contributed by atoms with van der Waals surface area (Å²) in [6.45, 7) is 3.36. The molecule has 3 amide bonds. The first-order chi connectivity index (χ1) is 16.4. The third kappa shape index (κ3) is 5.81. The molecule has 4 rings (SSSR count). The van der Waals surface area contributed by atoms with E-state index in [4.69, 9.17) is 4.74 Å². The van der Waals surface area contributed by atoms with E-state index in [9.17, 15) is 19.2 Å². The summed E-state index contributed by atoms with van der Waals surface area (Å²) in [6.07, 6.45) is 1.55. The molecule has 1 unspecified atom stereocenters. The van der Waals surface area contributed by atoms with Gasteiger partial charge in [-0.25, -0.2) is 0 Å². The molecule has 2 aromatic rings. The van der Waals surface area contributed by atoms with Crippen LogP contribution in [-0.4, -0.2) is 59.2 Å². The molecule has 0 bridgehead atoms. The van der Waals surface area contributed by atoms with Gasteiger partial charge in [0.05, 0.1) is 5.92 Å². The predicted octanol–water partition coefficient (Wildman–Crippen LogP) is 2.38. The van der Waals surface area contributed by atoms with E-state index < -0.39 is 5.97 Å². The zero-order valence-corrected chi connectivity index (χ0v) is 19.2. The molecular formula is C26H29N3O5.